The van der Waals surface area contributed by atoms with E-state index in [1.165, 1.54) is 22.2 Å². The summed E-state index contributed by atoms with van der Waals surface area (Å²) in [4.78, 5) is 21.7. The number of carbonyl (C=O) groups is 1. The molecule has 1 atom stereocenters. The van der Waals surface area contributed by atoms with E-state index in [9.17, 15) is 4.79 Å². The Balaban J connectivity index is 2.02. The van der Waals surface area contributed by atoms with Crippen molar-refractivity contribution in [1.29, 1.82) is 0 Å². The Hall–Kier alpha value is -1.38. The van der Waals surface area contributed by atoms with Crippen LogP contribution >= 0.6 is 23.1 Å². The van der Waals surface area contributed by atoms with Crippen LogP contribution in [0.2, 0.25) is 0 Å². The van der Waals surface area contributed by atoms with Crippen LogP contribution in [-0.2, 0) is 22.6 Å². The smallest absolute Gasteiger partial charge is 0.227 e. The fraction of sp³-hybridized carbons (Fsp3) is 0.500. The largest absolute Gasteiger partial charge is 0.383 e. The maximum absolute atomic E-state index is 10.9. The molecule has 1 amide bonds. The number of nitrogen functional groups attached to an aromatic ring is 1. The van der Waals surface area contributed by atoms with Crippen molar-refractivity contribution in [3.05, 3.63) is 10.4 Å². The molecule has 0 aromatic carbocycles. The van der Waals surface area contributed by atoms with Crippen LogP contribution in [0, 0.1) is 0 Å². The van der Waals surface area contributed by atoms with Crippen LogP contribution in [0.1, 0.15) is 30.7 Å². The molecule has 0 saturated carbocycles. The third kappa shape index (κ3) is 2.78. The van der Waals surface area contributed by atoms with Crippen molar-refractivity contribution in [2.45, 2.75) is 44.1 Å². The lowest BCUT2D eigenvalue weighted by Gasteiger charge is -2.33. The van der Waals surface area contributed by atoms with Gasteiger partial charge in [0.15, 0.2) is 5.16 Å². The zero-order chi connectivity index (χ0) is 15.9. The van der Waals surface area contributed by atoms with Gasteiger partial charge >= 0.3 is 0 Å². The highest BCUT2D eigenvalue weighted by atomic mass is 32.2. The lowest BCUT2D eigenvalue weighted by Crippen LogP contribution is -2.33. The molecule has 6 nitrogen and oxygen atoms in total. The number of rotatable bonds is 4. The molecule has 0 saturated heterocycles. The summed E-state index contributed by atoms with van der Waals surface area (Å²) in [6.45, 7) is 4.83. The van der Waals surface area contributed by atoms with E-state index in [4.69, 9.17) is 16.2 Å². The highest BCUT2D eigenvalue weighted by Gasteiger charge is 2.32. The van der Waals surface area contributed by atoms with E-state index in [-0.39, 0.29) is 11.4 Å². The van der Waals surface area contributed by atoms with E-state index in [0.29, 0.717) is 17.6 Å². The quantitative estimate of drug-likeness (QED) is 0.653. The van der Waals surface area contributed by atoms with E-state index in [2.05, 4.69) is 23.8 Å². The summed E-state index contributed by atoms with van der Waals surface area (Å²) in [7, 11) is 0. The molecule has 0 bridgehead atoms. The molecule has 3 rings (SSSR count). The number of amides is 1. The molecule has 22 heavy (non-hydrogen) atoms. The molecule has 4 N–H and O–H groups in total. The standard InChI is InChI=1S/C14H18N4O2S2/c1-3-14(2)4-7-8(5-20-14)22-12-10(7)11(16)17-13(18-12)21-6-9(15)19/h3-6H2,1-2H3,(H2,15,19)(H2,16,17,18)/t14-/m0/s1. The number of primary amides is 1. The van der Waals surface area contributed by atoms with Crippen molar-refractivity contribution in [2.24, 2.45) is 5.73 Å². The Morgan fingerprint density at radius 1 is 1.50 bits per heavy atom. The highest BCUT2D eigenvalue weighted by molar-refractivity contribution is 7.99. The van der Waals surface area contributed by atoms with Gasteiger partial charge in [0.05, 0.1) is 23.3 Å². The van der Waals surface area contributed by atoms with Crippen molar-refractivity contribution < 1.29 is 9.53 Å². The average molecular weight is 338 g/mol. The molecule has 0 radical (unpaired) electrons. The van der Waals surface area contributed by atoms with Crippen molar-refractivity contribution in [1.82, 2.24) is 9.97 Å². The fourth-order valence-electron chi connectivity index (χ4n) is 2.51. The zero-order valence-electron chi connectivity index (χ0n) is 12.5. The summed E-state index contributed by atoms with van der Waals surface area (Å²) in [5, 5.41) is 1.42. The van der Waals surface area contributed by atoms with Crippen LogP contribution in [0.3, 0.4) is 0 Å². The number of thiophene rings is 1. The number of hydrogen-bond donors (Lipinski definition) is 2. The first-order valence-electron chi connectivity index (χ1n) is 7.04. The Morgan fingerprint density at radius 3 is 2.95 bits per heavy atom. The summed E-state index contributed by atoms with van der Waals surface area (Å²) < 4.78 is 5.97. The van der Waals surface area contributed by atoms with Crippen LogP contribution in [0.15, 0.2) is 5.16 Å². The van der Waals surface area contributed by atoms with Gasteiger partial charge in [0, 0.05) is 11.3 Å². The third-order valence-corrected chi connectivity index (χ3v) is 5.90. The summed E-state index contributed by atoms with van der Waals surface area (Å²) in [5.74, 6) is 0.215. The minimum absolute atomic E-state index is 0.146. The van der Waals surface area contributed by atoms with Gasteiger partial charge in [-0.3, -0.25) is 4.79 Å². The molecule has 118 valence electrons. The molecule has 2 aromatic heterocycles. The number of nitrogens with two attached hydrogens (primary N) is 2. The number of anilines is 1. The molecule has 0 fully saturated rings. The SMILES string of the molecule is CC[C@@]1(C)Cc2c(sc3nc(SCC(N)=O)nc(N)c23)CO1. The van der Waals surface area contributed by atoms with Crippen molar-refractivity contribution in [2.75, 3.05) is 11.5 Å². The van der Waals surface area contributed by atoms with Crippen LogP contribution in [0.5, 0.6) is 0 Å². The Kier molecular flexibility index (Phi) is 4.00. The molecule has 0 aliphatic carbocycles. The number of ether oxygens (including phenoxy) is 1. The van der Waals surface area contributed by atoms with Gasteiger partial charge in [0.2, 0.25) is 5.91 Å². The summed E-state index contributed by atoms with van der Waals surface area (Å²) >= 11 is 2.79. The third-order valence-electron chi connectivity index (χ3n) is 3.94. The lowest BCUT2D eigenvalue weighted by molar-refractivity contribution is -0.115. The van der Waals surface area contributed by atoms with Gasteiger partial charge in [-0.15, -0.1) is 11.3 Å². The zero-order valence-corrected chi connectivity index (χ0v) is 14.1. The first-order chi connectivity index (χ1) is 10.4. The summed E-state index contributed by atoms with van der Waals surface area (Å²) in [5.41, 5.74) is 12.4. The minimum Gasteiger partial charge on any atom is -0.383 e. The first-order valence-corrected chi connectivity index (χ1v) is 8.85. The highest BCUT2D eigenvalue weighted by Crippen LogP contribution is 2.41. The lowest BCUT2D eigenvalue weighted by atomic mass is 9.90. The van der Waals surface area contributed by atoms with E-state index in [1.54, 1.807) is 11.3 Å². The molecule has 3 heterocycles. The number of thioether (sulfide) groups is 1. The van der Waals surface area contributed by atoms with E-state index in [0.717, 1.165) is 23.1 Å². The molecule has 1 aliphatic rings. The van der Waals surface area contributed by atoms with Gasteiger partial charge in [-0.2, -0.15) is 0 Å². The first kappa shape index (κ1) is 15.5. The van der Waals surface area contributed by atoms with Crippen LogP contribution in [0.4, 0.5) is 5.82 Å². The molecule has 0 unspecified atom stereocenters. The molecule has 8 heteroatoms. The van der Waals surface area contributed by atoms with Gasteiger partial charge in [-0.1, -0.05) is 18.7 Å². The number of fused-ring (bicyclic) bond motifs is 3. The molecule has 0 spiro atoms. The second kappa shape index (κ2) is 5.68. The predicted octanol–water partition coefficient (Wildman–Crippen LogP) is 2.09. The topological polar surface area (TPSA) is 104 Å². The number of nitrogens with zero attached hydrogens (tertiary/aromatic N) is 2. The van der Waals surface area contributed by atoms with Crippen molar-refractivity contribution >= 4 is 45.0 Å². The van der Waals surface area contributed by atoms with Crippen molar-refractivity contribution in [3.63, 3.8) is 0 Å². The van der Waals surface area contributed by atoms with Crippen molar-refractivity contribution in [3.8, 4) is 0 Å². The summed E-state index contributed by atoms with van der Waals surface area (Å²) in [6, 6.07) is 0. The second-order valence-electron chi connectivity index (χ2n) is 5.60. The van der Waals surface area contributed by atoms with Gasteiger partial charge in [0.25, 0.3) is 0 Å². The molecule has 1 aliphatic heterocycles. The maximum Gasteiger partial charge on any atom is 0.227 e. The van der Waals surface area contributed by atoms with Crippen LogP contribution in [0.25, 0.3) is 10.2 Å². The predicted molar refractivity (Wildman–Crippen MR) is 88.9 cm³/mol. The van der Waals surface area contributed by atoms with Gasteiger partial charge in [-0.25, -0.2) is 9.97 Å². The monoisotopic (exact) mass is 338 g/mol. The van der Waals surface area contributed by atoms with E-state index in [1.807, 2.05) is 0 Å². The van der Waals surface area contributed by atoms with Crippen LogP contribution < -0.4 is 11.5 Å². The minimum atomic E-state index is -0.398. The molecular weight excluding hydrogens is 320 g/mol. The number of aromatic nitrogens is 2. The molecule has 2 aromatic rings. The number of carbonyl (C=O) groups excluding carboxylic acids is 1. The van der Waals surface area contributed by atoms with E-state index < -0.39 is 5.91 Å². The normalized spacial score (nSPS) is 21.0. The Labute approximate surface area is 136 Å². The van der Waals surface area contributed by atoms with Gasteiger partial charge in [-0.05, 0) is 18.9 Å². The van der Waals surface area contributed by atoms with Crippen LogP contribution in [-0.4, -0.2) is 27.2 Å². The number of hydrogen-bond acceptors (Lipinski definition) is 7. The average Bonchev–Trinajstić information content (AvgIpc) is 2.83. The Morgan fingerprint density at radius 2 is 2.27 bits per heavy atom. The Bertz CT molecular complexity index is 746. The fourth-order valence-corrected chi connectivity index (χ4v) is 4.27. The maximum atomic E-state index is 10.9. The summed E-state index contributed by atoms with van der Waals surface area (Å²) in [6.07, 6.45) is 1.76. The second-order valence-corrected chi connectivity index (χ2v) is 7.63. The molecular formula is C14H18N4O2S2. The van der Waals surface area contributed by atoms with Gasteiger partial charge in [0.1, 0.15) is 10.6 Å². The van der Waals surface area contributed by atoms with Gasteiger partial charge < -0.3 is 16.2 Å². The van der Waals surface area contributed by atoms with E-state index >= 15 is 0 Å².